The second-order valence-electron chi connectivity index (χ2n) is 7.52. The number of amides is 3. The van der Waals surface area contributed by atoms with E-state index in [1.165, 1.54) is 29.4 Å². The van der Waals surface area contributed by atoms with Crippen molar-refractivity contribution in [1.82, 2.24) is 9.80 Å². The molecule has 1 atom stereocenters. The molecule has 2 aliphatic heterocycles. The molecule has 4 rings (SSSR count). The first-order chi connectivity index (χ1) is 14.9. The van der Waals surface area contributed by atoms with Crippen LogP contribution in [-0.2, 0) is 20.8 Å². The van der Waals surface area contributed by atoms with E-state index in [0.717, 1.165) is 17.7 Å². The molecule has 0 radical (unpaired) electrons. The van der Waals surface area contributed by atoms with Gasteiger partial charge in [-0.3, -0.25) is 19.3 Å². The lowest BCUT2D eigenvalue weighted by atomic mass is 10.1. The molecule has 3 heterocycles. The highest BCUT2D eigenvalue weighted by Gasteiger charge is 2.38. The molecule has 1 saturated heterocycles. The summed E-state index contributed by atoms with van der Waals surface area (Å²) in [4.78, 5) is 52.4. The van der Waals surface area contributed by atoms with Gasteiger partial charge in [-0.25, -0.2) is 4.79 Å². The van der Waals surface area contributed by atoms with Crippen LogP contribution in [0.4, 0.5) is 0 Å². The van der Waals surface area contributed by atoms with Crippen molar-refractivity contribution in [3.8, 4) is 0 Å². The van der Waals surface area contributed by atoms with Gasteiger partial charge in [0, 0.05) is 13.7 Å². The fourth-order valence-electron chi connectivity index (χ4n) is 3.62. The zero-order chi connectivity index (χ0) is 22.0. The van der Waals surface area contributed by atoms with Crippen molar-refractivity contribution in [2.24, 2.45) is 0 Å². The van der Waals surface area contributed by atoms with E-state index in [4.69, 9.17) is 13.9 Å². The molecular weight excluding hydrogens is 404 g/mol. The van der Waals surface area contributed by atoms with Crippen LogP contribution in [0.1, 0.15) is 49.7 Å². The smallest absolute Gasteiger partial charge is 0.338 e. The number of fused-ring (bicyclic) bond motifs is 1. The van der Waals surface area contributed by atoms with E-state index in [0.29, 0.717) is 12.4 Å². The molecule has 9 heteroatoms. The fourth-order valence-corrected chi connectivity index (χ4v) is 3.62. The first kappa shape index (κ1) is 20.8. The summed E-state index contributed by atoms with van der Waals surface area (Å²) in [5, 5.41) is 0. The van der Waals surface area contributed by atoms with Gasteiger partial charge in [0.1, 0.15) is 5.76 Å². The lowest BCUT2D eigenvalue weighted by molar-refractivity contribution is -0.134. The van der Waals surface area contributed by atoms with Crippen LogP contribution in [0.3, 0.4) is 0 Å². The summed E-state index contributed by atoms with van der Waals surface area (Å²) in [6.45, 7) is 0.617. The first-order valence-corrected chi connectivity index (χ1v) is 9.99. The number of benzene rings is 1. The number of furan rings is 1. The first-order valence-electron chi connectivity index (χ1n) is 9.99. The van der Waals surface area contributed by atoms with E-state index in [2.05, 4.69) is 0 Å². The van der Waals surface area contributed by atoms with E-state index < -0.39 is 30.3 Å². The molecule has 2 aliphatic rings. The van der Waals surface area contributed by atoms with Gasteiger partial charge in [0.05, 0.1) is 42.1 Å². The van der Waals surface area contributed by atoms with Crippen molar-refractivity contribution in [2.75, 3.05) is 26.8 Å². The largest absolute Gasteiger partial charge is 0.467 e. The van der Waals surface area contributed by atoms with Gasteiger partial charge in [0.25, 0.3) is 17.7 Å². The molecule has 0 spiro atoms. The quantitative estimate of drug-likeness (QED) is 0.491. The summed E-state index contributed by atoms with van der Waals surface area (Å²) < 4.78 is 15.8. The molecule has 9 nitrogen and oxygen atoms in total. The van der Waals surface area contributed by atoms with Crippen LogP contribution >= 0.6 is 0 Å². The molecule has 0 N–H and O–H groups in total. The van der Waals surface area contributed by atoms with Gasteiger partial charge in [-0.05, 0) is 43.2 Å². The Kier molecular flexibility index (Phi) is 5.85. The monoisotopic (exact) mass is 426 g/mol. The van der Waals surface area contributed by atoms with Gasteiger partial charge in [-0.1, -0.05) is 0 Å². The maximum absolute atomic E-state index is 12.7. The molecule has 162 valence electrons. The zero-order valence-electron chi connectivity index (χ0n) is 17.0. The van der Waals surface area contributed by atoms with Gasteiger partial charge < -0.3 is 18.8 Å². The van der Waals surface area contributed by atoms with Crippen LogP contribution in [0.2, 0.25) is 0 Å². The number of hydrogen-bond acceptors (Lipinski definition) is 7. The van der Waals surface area contributed by atoms with Crippen LogP contribution < -0.4 is 0 Å². The standard InChI is InChI=1S/C22H22N2O7/c1-23(11-15-4-2-8-29-15)19(25)13-31-22(28)14-6-7-17-18(10-14)21(27)24(20(17)26)12-16-5-3-9-30-16/h2,4,6-8,10,16H,3,5,9,11-13H2,1H3. The maximum atomic E-state index is 12.7. The Hall–Kier alpha value is -3.46. The van der Waals surface area contributed by atoms with E-state index in [-0.39, 0.29) is 35.9 Å². The number of ether oxygens (including phenoxy) is 2. The van der Waals surface area contributed by atoms with E-state index in [1.807, 2.05) is 0 Å². The minimum absolute atomic E-state index is 0.0976. The molecule has 0 aliphatic carbocycles. The SMILES string of the molecule is CN(Cc1ccco1)C(=O)COC(=O)c1ccc2c(c1)C(=O)N(CC1CCCO1)C2=O. The molecule has 1 aromatic carbocycles. The minimum Gasteiger partial charge on any atom is -0.467 e. The molecule has 0 bridgehead atoms. The third-order valence-electron chi connectivity index (χ3n) is 5.34. The van der Waals surface area contributed by atoms with Gasteiger partial charge in [0.2, 0.25) is 0 Å². The highest BCUT2D eigenvalue weighted by atomic mass is 16.5. The van der Waals surface area contributed by atoms with E-state index in [9.17, 15) is 19.2 Å². The van der Waals surface area contributed by atoms with Gasteiger partial charge in [-0.2, -0.15) is 0 Å². The lowest BCUT2D eigenvalue weighted by Gasteiger charge is -2.17. The summed E-state index contributed by atoms with van der Waals surface area (Å²) in [5.74, 6) is -1.40. The Morgan fingerprint density at radius 3 is 2.71 bits per heavy atom. The molecule has 0 saturated carbocycles. The molecule has 1 fully saturated rings. The number of imide groups is 1. The van der Waals surface area contributed by atoms with Gasteiger partial charge in [-0.15, -0.1) is 0 Å². The van der Waals surface area contributed by atoms with Gasteiger partial charge >= 0.3 is 5.97 Å². The van der Waals surface area contributed by atoms with Crippen molar-refractivity contribution in [2.45, 2.75) is 25.5 Å². The predicted molar refractivity (Wildman–Crippen MR) is 106 cm³/mol. The molecule has 1 aromatic heterocycles. The number of nitrogens with zero attached hydrogens (tertiary/aromatic N) is 2. The Bertz CT molecular complexity index is 1010. The fraction of sp³-hybridized carbons (Fsp3) is 0.364. The summed E-state index contributed by atoms with van der Waals surface area (Å²) in [6.07, 6.45) is 3.05. The highest BCUT2D eigenvalue weighted by Crippen LogP contribution is 2.26. The third kappa shape index (κ3) is 4.36. The van der Waals surface area contributed by atoms with Crippen LogP contribution in [-0.4, -0.2) is 66.4 Å². The number of esters is 1. The normalized spacial score (nSPS) is 17.7. The number of likely N-dealkylation sites (N-methyl/N-ethyl adjacent to an activating group) is 1. The molecule has 2 aromatic rings. The summed E-state index contributed by atoms with van der Waals surface area (Å²) in [6, 6.07) is 7.64. The van der Waals surface area contributed by atoms with Crippen molar-refractivity contribution in [3.05, 3.63) is 59.0 Å². The van der Waals surface area contributed by atoms with Crippen LogP contribution in [0, 0.1) is 0 Å². The van der Waals surface area contributed by atoms with Crippen molar-refractivity contribution in [1.29, 1.82) is 0 Å². The molecule has 3 amide bonds. The predicted octanol–water partition coefficient (Wildman–Crippen LogP) is 1.87. The van der Waals surface area contributed by atoms with Crippen LogP contribution in [0.5, 0.6) is 0 Å². The maximum Gasteiger partial charge on any atom is 0.338 e. The van der Waals surface area contributed by atoms with Gasteiger partial charge in [0.15, 0.2) is 6.61 Å². The minimum atomic E-state index is -0.750. The Morgan fingerprint density at radius 1 is 1.19 bits per heavy atom. The van der Waals surface area contributed by atoms with E-state index in [1.54, 1.807) is 19.2 Å². The molecular formula is C22H22N2O7. The molecule has 1 unspecified atom stereocenters. The molecule has 31 heavy (non-hydrogen) atoms. The number of carbonyl (C=O) groups excluding carboxylic acids is 4. The third-order valence-corrected chi connectivity index (χ3v) is 5.34. The van der Waals surface area contributed by atoms with Crippen molar-refractivity contribution >= 4 is 23.7 Å². The van der Waals surface area contributed by atoms with Crippen LogP contribution in [0.25, 0.3) is 0 Å². The lowest BCUT2D eigenvalue weighted by Crippen LogP contribution is -2.36. The average molecular weight is 426 g/mol. The van der Waals surface area contributed by atoms with Crippen molar-refractivity contribution < 1.29 is 33.1 Å². The summed E-state index contributed by atoms with van der Waals surface area (Å²) >= 11 is 0. The topological polar surface area (TPSA) is 106 Å². The second-order valence-corrected chi connectivity index (χ2v) is 7.52. The Labute approximate surface area is 178 Å². The number of hydrogen-bond donors (Lipinski definition) is 0. The number of carbonyl (C=O) groups is 4. The van der Waals surface area contributed by atoms with Crippen LogP contribution in [0.15, 0.2) is 41.0 Å². The Balaban J connectivity index is 1.37. The van der Waals surface area contributed by atoms with Crippen molar-refractivity contribution in [3.63, 3.8) is 0 Å². The zero-order valence-corrected chi connectivity index (χ0v) is 17.0. The average Bonchev–Trinajstić information content (AvgIpc) is 3.51. The summed E-state index contributed by atoms with van der Waals surface area (Å²) in [5.41, 5.74) is 0.493. The highest BCUT2D eigenvalue weighted by molar-refractivity contribution is 6.22. The Morgan fingerprint density at radius 2 is 2.00 bits per heavy atom. The second kappa shape index (κ2) is 8.73. The van der Waals surface area contributed by atoms with E-state index >= 15 is 0 Å². The number of rotatable bonds is 7. The summed E-state index contributed by atoms with van der Waals surface area (Å²) in [7, 11) is 1.57.